The number of thiophene rings is 1. The van der Waals surface area contributed by atoms with Gasteiger partial charge >= 0.3 is 0 Å². The molecule has 0 radical (unpaired) electrons. The van der Waals surface area contributed by atoms with E-state index in [1.165, 1.54) is 15.6 Å². The largest absolute Gasteiger partial charge is 0.497 e. The Balaban J connectivity index is 1.69. The molecule has 148 valence electrons. The number of amides is 1. The van der Waals surface area contributed by atoms with Gasteiger partial charge in [-0.15, -0.1) is 11.3 Å². The van der Waals surface area contributed by atoms with Crippen molar-refractivity contribution in [2.75, 3.05) is 13.7 Å². The maximum atomic E-state index is 12.9. The molecule has 0 aliphatic carbocycles. The summed E-state index contributed by atoms with van der Waals surface area (Å²) in [5, 5.41) is 1.72. The van der Waals surface area contributed by atoms with E-state index in [0.29, 0.717) is 24.2 Å². The van der Waals surface area contributed by atoms with Crippen molar-refractivity contribution >= 4 is 48.8 Å². The molecule has 0 saturated carbocycles. The molecule has 1 saturated heterocycles. The minimum atomic E-state index is -3.67. The molecule has 0 bridgehead atoms. The summed E-state index contributed by atoms with van der Waals surface area (Å²) in [5.74, 6) is 0.308. The quantitative estimate of drug-likeness (QED) is 0.628. The van der Waals surface area contributed by atoms with Gasteiger partial charge in [0.2, 0.25) is 0 Å². The smallest absolute Gasteiger partial charge is 0.266 e. The molecule has 2 aromatic heterocycles. The summed E-state index contributed by atoms with van der Waals surface area (Å²) in [6.07, 6.45) is 1.13. The summed E-state index contributed by atoms with van der Waals surface area (Å²) in [7, 11) is -0.232. The first-order valence-electron chi connectivity index (χ1n) is 8.69. The van der Waals surface area contributed by atoms with Gasteiger partial charge in [-0.25, -0.2) is 8.42 Å². The van der Waals surface area contributed by atoms with E-state index in [4.69, 9.17) is 4.74 Å². The van der Waals surface area contributed by atoms with Crippen LogP contribution in [0.2, 0.25) is 0 Å². The Morgan fingerprint density at radius 1 is 1.32 bits per heavy atom. The molecule has 1 aromatic carbocycles. The van der Waals surface area contributed by atoms with Crippen molar-refractivity contribution in [1.82, 2.24) is 8.87 Å². The van der Waals surface area contributed by atoms with Crippen LogP contribution < -0.4 is 9.54 Å². The Morgan fingerprint density at radius 3 is 2.86 bits per heavy atom. The molecule has 3 aromatic rings. The molecule has 28 heavy (non-hydrogen) atoms. The van der Waals surface area contributed by atoms with E-state index >= 15 is 0 Å². The van der Waals surface area contributed by atoms with Crippen LogP contribution in [0.15, 0.2) is 44.9 Å². The first kappa shape index (κ1) is 19.3. The minimum absolute atomic E-state index is 0.256. The van der Waals surface area contributed by atoms with E-state index in [9.17, 15) is 13.2 Å². The van der Waals surface area contributed by atoms with E-state index in [1.54, 1.807) is 24.6 Å². The van der Waals surface area contributed by atoms with Crippen LogP contribution in [0.3, 0.4) is 0 Å². The molecule has 1 amide bonds. The van der Waals surface area contributed by atoms with Gasteiger partial charge in [0, 0.05) is 13.6 Å². The van der Waals surface area contributed by atoms with Crippen molar-refractivity contribution in [3.8, 4) is 5.75 Å². The number of hydrogen-bond donors (Lipinski definition) is 0. The number of benzene rings is 1. The highest BCUT2D eigenvalue weighted by Gasteiger charge is 2.39. The highest BCUT2D eigenvalue weighted by molar-refractivity contribution is 7.91. The molecule has 3 heterocycles. The molecule has 10 heteroatoms. The lowest BCUT2D eigenvalue weighted by Gasteiger charge is -2.20. The maximum absolute atomic E-state index is 12.9. The monoisotopic (exact) mass is 437 g/mol. The average Bonchev–Trinajstić information content (AvgIpc) is 3.43. The third-order valence-electron chi connectivity index (χ3n) is 4.77. The standard InChI is InChI=1S/C18H19N3O4S3/c1-20-13-8-7-12(25-2)11-15(13)27-18(20)19-17(22)14-5-3-9-21(14)28(23,24)16-6-4-10-26-16/h4,6-8,10-11,14H,3,5,9H2,1-2H3. The Bertz CT molecular complexity index is 1190. The van der Waals surface area contributed by atoms with Gasteiger partial charge in [0.1, 0.15) is 16.0 Å². The van der Waals surface area contributed by atoms with Crippen molar-refractivity contribution in [3.63, 3.8) is 0 Å². The molecule has 1 aliphatic heterocycles. The van der Waals surface area contributed by atoms with E-state index in [0.717, 1.165) is 27.3 Å². The van der Waals surface area contributed by atoms with Crippen LogP contribution in [0.4, 0.5) is 0 Å². The predicted octanol–water partition coefficient (Wildman–Crippen LogP) is 2.59. The van der Waals surface area contributed by atoms with Gasteiger partial charge in [-0.1, -0.05) is 17.4 Å². The van der Waals surface area contributed by atoms with Crippen LogP contribution in [0.5, 0.6) is 5.75 Å². The summed E-state index contributed by atoms with van der Waals surface area (Å²) in [6, 6.07) is 8.17. The first-order valence-corrected chi connectivity index (χ1v) is 11.8. The number of sulfonamides is 1. The lowest BCUT2D eigenvalue weighted by molar-refractivity contribution is -0.121. The molecule has 7 nitrogen and oxygen atoms in total. The lowest BCUT2D eigenvalue weighted by Crippen LogP contribution is -2.40. The fourth-order valence-corrected chi connectivity index (χ4v) is 7.14. The molecule has 1 unspecified atom stereocenters. The van der Waals surface area contributed by atoms with Crippen LogP contribution in [-0.4, -0.2) is 42.9 Å². The lowest BCUT2D eigenvalue weighted by atomic mass is 10.2. The van der Waals surface area contributed by atoms with E-state index in [2.05, 4.69) is 4.99 Å². The number of hydrogen-bond acceptors (Lipinski definition) is 6. The maximum Gasteiger partial charge on any atom is 0.266 e. The topological polar surface area (TPSA) is 81.0 Å². The van der Waals surface area contributed by atoms with Gasteiger partial charge in [0.25, 0.3) is 15.9 Å². The minimum Gasteiger partial charge on any atom is -0.497 e. The number of ether oxygens (including phenoxy) is 1. The van der Waals surface area contributed by atoms with Crippen LogP contribution in [0, 0.1) is 0 Å². The molecule has 4 rings (SSSR count). The summed E-state index contributed by atoms with van der Waals surface area (Å²) in [4.78, 5) is 17.7. The second-order valence-corrected chi connectivity index (χ2v) is 10.5. The van der Waals surface area contributed by atoms with E-state index < -0.39 is 22.0 Å². The summed E-state index contributed by atoms with van der Waals surface area (Å²) < 4.78 is 35.3. The first-order chi connectivity index (χ1) is 13.4. The van der Waals surface area contributed by atoms with E-state index in [-0.39, 0.29) is 4.21 Å². The van der Waals surface area contributed by atoms with E-state index in [1.807, 2.05) is 29.8 Å². The van der Waals surface area contributed by atoms with Gasteiger partial charge in [-0.05, 0) is 42.5 Å². The molecular weight excluding hydrogens is 418 g/mol. The molecule has 1 aliphatic rings. The number of aromatic nitrogens is 1. The third-order valence-corrected chi connectivity index (χ3v) is 9.14. The van der Waals surface area contributed by atoms with Crippen molar-refractivity contribution in [1.29, 1.82) is 0 Å². The van der Waals surface area contributed by atoms with Crippen LogP contribution in [0.25, 0.3) is 10.2 Å². The summed E-state index contributed by atoms with van der Waals surface area (Å²) >= 11 is 2.53. The third kappa shape index (κ3) is 3.30. The summed E-state index contributed by atoms with van der Waals surface area (Å²) in [6.45, 7) is 0.335. The number of carbonyl (C=O) groups excluding carboxylic acids is 1. The molecule has 1 atom stereocenters. The number of fused-ring (bicyclic) bond motifs is 1. The fraction of sp³-hybridized carbons (Fsp3) is 0.333. The number of methoxy groups -OCH3 is 1. The van der Waals surface area contributed by atoms with Gasteiger partial charge in [0.05, 0.1) is 17.3 Å². The van der Waals surface area contributed by atoms with Crippen molar-refractivity contribution < 1.29 is 17.9 Å². The van der Waals surface area contributed by atoms with Crippen LogP contribution in [-0.2, 0) is 21.9 Å². The Kier molecular flexibility index (Phi) is 5.13. The fourth-order valence-electron chi connectivity index (χ4n) is 3.32. The zero-order valence-corrected chi connectivity index (χ0v) is 17.8. The van der Waals surface area contributed by atoms with Crippen molar-refractivity contribution in [2.45, 2.75) is 23.1 Å². The van der Waals surface area contributed by atoms with Gasteiger partial charge in [0.15, 0.2) is 4.80 Å². The van der Waals surface area contributed by atoms with Gasteiger partial charge in [-0.2, -0.15) is 9.30 Å². The van der Waals surface area contributed by atoms with Crippen LogP contribution in [0.1, 0.15) is 12.8 Å². The summed E-state index contributed by atoms with van der Waals surface area (Å²) in [5.41, 5.74) is 0.937. The predicted molar refractivity (Wildman–Crippen MR) is 109 cm³/mol. The number of nitrogens with zero attached hydrogens (tertiary/aromatic N) is 3. The average molecular weight is 438 g/mol. The van der Waals surface area contributed by atoms with Gasteiger partial charge < -0.3 is 9.30 Å². The number of carbonyl (C=O) groups is 1. The second kappa shape index (κ2) is 7.43. The Morgan fingerprint density at radius 2 is 2.14 bits per heavy atom. The van der Waals surface area contributed by atoms with Crippen molar-refractivity contribution in [3.05, 3.63) is 40.5 Å². The molecule has 0 spiro atoms. The molecule has 0 N–H and O–H groups in total. The normalized spacial score (nSPS) is 18.8. The highest BCUT2D eigenvalue weighted by Crippen LogP contribution is 2.29. The number of aryl methyl sites for hydroxylation is 1. The number of thiazole rings is 1. The Labute approximate surface area is 170 Å². The van der Waals surface area contributed by atoms with Crippen LogP contribution >= 0.6 is 22.7 Å². The zero-order valence-electron chi connectivity index (χ0n) is 15.4. The molecule has 1 fully saturated rings. The zero-order chi connectivity index (χ0) is 19.9. The molecular formula is C18H19N3O4S3. The van der Waals surface area contributed by atoms with Gasteiger partial charge in [-0.3, -0.25) is 4.79 Å². The highest BCUT2D eigenvalue weighted by atomic mass is 32.2. The van der Waals surface area contributed by atoms with Crippen molar-refractivity contribution in [2.24, 2.45) is 12.0 Å². The SMILES string of the molecule is COc1ccc2c(c1)sc(=NC(=O)C1CCCN1S(=O)(=O)c1cccs1)n2C. The second-order valence-electron chi connectivity index (χ2n) is 6.43. The Hall–Kier alpha value is -2.01. The number of rotatable bonds is 4.